The van der Waals surface area contributed by atoms with E-state index in [2.05, 4.69) is 49.4 Å². The minimum absolute atomic E-state index is 0.216. The fraction of sp³-hybridized carbons (Fsp3) is 0.227. The molecule has 7 nitrogen and oxygen atoms in total. The van der Waals surface area contributed by atoms with E-state index in [1.807, 2.05) is 12.1 Å². The van der Waals surface area contributed by atoms with E-state index in [4.69, 9.17) is 4.74 Å². The molecule has 2 heterocycles. The molecule has 2 aromatic carbocycles. The van der Waals surface area contributed by atoms with Crippen molar-refractivity contribution >= 4 is 23.2 Å². The molecule has 0 bridgehead atoms. The third-order valence-electron chi connectivity index (χ3n) is 4.97. The van der Waals surface area contributed by atoms with Gasteiger partial charge in [-0.15, -0.1) is 0 Å². The molecule has 1 saturated heterocycles. The summed E-state index contributed by atoms with van der Waals surface area (Å²) in [6.07, 6.45) is 1.49. The summed E-state index contributed by atoms with van der Waals surface area (Å²) in [5, 5.41) is 2.84. The second-order valence-corrected chi connectivity index (χ2v) is 6.75. The van der Waals surface area contributed by atoms with Crippen molar-refractivity contribution in [1.29, 1.82) is 0 Å². The topological polar surface area (TPSA) is 70.6 Å². The summed E-state index contributed by atoms with van der Waals surface area (Å²) in [7, 11) is 1.59. The van der Waals surface area contributed by atoms with Crippen LogP contribution in [0.5, 0.6) is 5.75 Å². The quantitative estimate of drug-likeness (QED) is 0.723. The molecule has 1 amide bonds. The lowest BCUT2D eigenvalue weighted by molar-refractivity contribution is 0.102. The average Bonchev–Trinajstić information content (AvgIpc) is 2.80. The highest BCUT2D eigenvalue weighted by Crippen LogP contribution is 2.20. The number of aromatic nitrogens is 2. The number of rotatable bonds is 5. The fourth-order valence-corrected chi connectivity index (χ4v) is 3.35. The van der Waals surface area contributed by atoms with Crippen molar-refractivity contribution in [2.24, 2.45) is 0 Å². The largest absolute Gasteiger partial charge is 0.497 e. The Morgan fingerprint density at radius 1 is 0.931 bits per heavy atom. The first kappa shape index (κ1) is 18.7. The van der Waals surface area contributed by atoms with Gasteiger partial charge in [-0.3, -0.25) is 4.79 Å². The third kappa shape index (κ3) is 4.45. The van der Waals surface area contributed by atoms with Gasteiger partial charge in [-0.05, 0) is 36.4 Å². The van der Waals surface area contributed by atoms with Crippen LogP contribution in [0.2, 0.25) is 0 Å². The molecule has 7 heteroatoms. The molecule has 4 rings (SSSR count). The lowest BCUT2D eigenvalue weighted by atomic mass is 10.2. The van der Waals surface area contributed by atoms with Crippen LogP contribution in [0, 0.1) is 0 Å². The van der Waals surface area contributed by atoms with E-state index >= 15 is 0 Å². The van der Waals surface area contributed by atoms with Gasteiger partial charge in [-0.25, -0.2) is 9.97 Å². The van der Waals surface area contributed by atoms with Crippen molar-refractivity contribution in [2.75, 3.05) is 48.4 Å². The molecule has 0 atom stereocenters. The number of benzene rings is 2. The fourth-order valence-electron chi connectivity index (χ4n) is 3.35. The SMILES string of the molecule is COc1ccc(C(=O)Nc2cc(N3CCN(c4ccccc4)CC3)ncn2)cc1. The highest BCUT2D eigenvalue weighted by Gasteiger charge is 2.19. The van der Waals surface area contributed by atoms with Crippen molar-refractivity contribution in [1.82, 2.24) is 9.97 Å². The van der Waals surface area contributed by atoms with Crippen molar-refractivity contribution < 1.29 is 9.53 Å². The van der Waals surface area contributed by atoms with Crippen LogP contribution in [0.3, 0.4) is 0 Å². The first-order valence-electron chi connectivity index (χ1n) is 9.55. The van der Waals surface area contributed by atoms with Crippen LogP contribution in [-0.2, 0) is 0 Å². The van der Waals surface area contributed by atoms with E-state index in [0.717, 1.165) is 32.0 Å². The molecule has 1 aliphatic heterocycles. The van der Waals surface area contributed by atoms with Crippen molar-refractivity contribution in [3.8, 4) is 5.75 Å². The van der Waals surface area contributed by atoms with Crippen LogP contribution in [0.15, 0.2) is 67.0 Å². The number of amides is 1. The highest BCUT2D eigenvalue weighted by atomic mass is 16.5. The first-order chi connectivity index (χ1) is 14.2. The van der Waals surface area contributed by atoms with Gasteiger partial charge in [0, 0.05) is 43.5 Å². The summed E-state index contributed by atoms with van der Waals surface area (Å²) < 4.78 is 5.12. The number of methoxy groups -OCH3 is 1. The number of carbonyl (C=O) groups is 1. The number of carbonyl (C=O) groups excluding carboxylic acids is 1. The summed E-state index contributed by atoms with van der Waals surface area (Å²) in [5.41, 5.74) is 1.78. The molecule has 0 unspecified atom stereocenters. The van der Waals surface area contributed by atoms with E-state index in [1.54, 1.807) is 31.4 Å². The Balaban J connectivity index is 1.39. The Labute approximate surface area is 170 Å². The molecule has 1 fully saturated rings. The van der Waals surface area contributed by atoms with Crippen LogP contribution < -0.4 is 19.9 Å². The number of ether oxygens (including phenoxy) is 1. The van der Waals surface area contributed by atoms with Gasteiger partial charge >= 0.3 is 0 Å². The molecule has 0 saturated carbocycles. The molecule has 1 aliphatic rings. The van der Waals surface area contributed by atoms with Crippen molar-refractivity contribution in [3.63, 3.8) is 0 Å². The average molecular weight is 389 g/mol. The molecule has 0 spiro atoms. The van der Waals surface area contributed by atoms with Crippen LogP contribution in [-0.4, -0.2) is 49.2 Å². The van der Waals surface area contributed by atoms with Gasteiger partial charge in [0.2, 0.25) is 0 Å². The van der Waals surface area contributed by atoms with E-state index in [-0.39, 0.29) is 5.91 Å². The predicted octanol–water partition coefficient (Wildman–Crippen LogP) is 3.06. The van der Waals surface area contributed by atoms with Gasteiger partial charge in [0.25, 0.3) is 5.91 Å². The van der Waals surface area contributed by atoms with Gasteiger partial charge in [0.1, 0.15) is 23.7 Å². The van der Waals surface area contributed by atoms with Gasteiger partial charge in [0.15, 0.2) is 0 Å². The van der Waals surface area contributed by atoms with E-state index in [0.29, 0.717) is 17.1 Å². The van der Waals surface area contributed by atoms with E-state index in [9.17, 15) is 4.79 Å². The minimum atomic E-state index is -0.216. The normalized spacial score (nSPS) is 13.8. The third-order valence-corrected chi connectivity index (χ3v) is 4.97. The zero-order valence-corrected chi connectivity index (χ0v) is 16.3. The van der Waals surface area contributed by atoms with E-state index in [1.165, 1.54) is 12.0 Å². The maximum absolute atomic E-state index is 12.5. The van der Waals surface area contributed by atoms with Gasteiger partial charge < -0.3 is 19.9 Å². The Kier molecular flexibility index (Phi) is 5.56. The zero-order valence-electron chi connectivity index (χ0n) is 16.3. The number of anilines is 3. The number of hydrogen-bond acceptors (Lipinski definition) is 6. The summed E-state index contributed by atoms with van der Waals surface area (Å²) >= 11 is 0. The first-order valence-corrected chi connectivity index (χ1v) is 9.55. The molecule has 148 valence electrons. The van der Waals surface area contributed by atoms with Crippen LogP contribution in [0.4, 0.5) is 17.3 Å². The Bertz CT molecular complexity index is 954. The Morgan fingerprint density at radius 3 is 2.31 bits per heavy atom. The zero-order chi connectivity index (χ0) is 20.1. The summed E-state index contributed by atoms with van der Waals surface area (Å²) in [6, 6.07) is 19.2. The highest BCUT2D eigenvalue weighted by molar-refractivity contribution is 6.03. The number of nitrogens with one attached hydrogen (secondary N) is 1. The lowest BCUT2D eigenvalue weighted by Gasteiger charge is -2.36. The standard InChI is InChI=1S/C22H23N5O2/c1-29-19-9-7-17(8-10-19)22(28)25-20-15-21(24-16-23-20)27-13-11-26(12-14-27)18-5-3-2-4-6-18/h2-10,15-16H,11-14H2,1H3,(H,23,24,25,28). The van der Waals surface area contributed by atoms with Crippen molar-refractivity contribution in [3.05, 3.63) is 72.6 Å². The monoisotopic (exact) mass is 389 g/mol. The Morgan fingerprint density at radius 2 is 1.62 bits per heavy atom. The molecule has 1 aromatic heterocycles. The molecule has 0 aliphatic carbocycles. The molecule has 0 radical (unpaired) electrons. The summed E-state index contributed by atoms with van der Waals surface area (Å²) in [5.74, 6) is 1.80. The Hall–Kier alpha value is -3.61. The number of hydrogen-bond donors (Lipinski definition) is 1. The molecular weight excluding hydrogens is 366 g/mol. The predicted molar refractivity (Wildman–Crippen MR) is 114 cm³/mol. The molecular formula is C22H23N5O2. The number of para-hydroxylation sites is 1. The smallest absolute Gasteiger partial charge is 0.256 e. The minimum Gasteiger partial charge on any atom is -0.497 e. The molecule has 29 heavy (non-hydrogen) atoms. The van der Waals surface area contributed by atoms with Gasteiger partial charge in [-0.2, -0.15) is 0 Å². The number of nitrogens with zero attached hydrogens (tertiary/aromatic N) is 4. The van der Waals surface area contributed by atoms with Gasteiger partial charge in [0.05, 0.1) is 7.11 Å². The molecule has 3 aromatic rings. The van der Waals surface area contributed by atoms with E-state index < -0.39 is 0 Å². The summed E-state index contributed by atoms with van der Waals surface area (Å²) in [4.78, 5) is 25.6. The maximum Gasteiger partial charge on any atom is 0.256 e. The lowest BCUT2D eigenvalue weighted by Crippen LogP contribution is -2.46. The maximum atomic E-state index is 12.5. The van der Waals surface area contributed by atoms with Gasteiger partial charge in [-0.1, -0.05) is 18.2 Å². The van der Waals surface area contributed by atoms with Crippen LogP contribution in [0.1, 0.15) is 10.4 Å². The van der Waals surface area contributed by atoms with Crippen LogP contribution in [0.25, 0.3) is 0 Å². The second-order valence-electron chi connectivity index (χ2n) is 6.75. The van der Waals surface area contributed by atoms with Crippen LogP contribution >= 0.6 is 0 Å². The molecule has 1 N–H and O–H groups in total. The number of piperazine rings is 1. The summed E-state index contributed by atoms with van der Waals surface area (Å²) in [6.45, 7) is 3.55. The van der Waals surface area contributed by atoms with Crippen molar-refractivity contribution in [2.45, 2.75) is 0 Å². The second kappa shape index (κ2) is 8.60.